The number of rotatable bonds is 9. The van der Waals surface area contributed by atoms with E-state index in [0.717, 1.165) is 42.0 Å². The summed E-state index contributed by atoms with van der Waals surface area (Å²) >= 11 is 0. The van der Waals surface area contributed by atoms with E-state index >= 15 is 0 Å². The van der Waals surface area contributed by atoms with Gasteiger partial charge in [0.05, 0.1) is 16.2 Å². The highest BCUT2D eigenvalue weighted by atomic mass is 32.2. The third-order valence-electron chi connectivity index (χ3n) is 6.88. The Labute approximate surface area is 228 Å². The van der Waals surface area contributed by atoms with E-state index in [1.54, 1.807) is 24.3 Å². The Morgan fingerprint density at radius 1 is 0.949 bits per heavy atom. The number of benzene rings is 3. The Morgan fingerprint density at radius 3 is 2.44 bits per heavy atom. The topological polar surface area (TPSA) is 117 Å². The zero-order chi connectivity index (χ0) is 27.4. The molecule has 1 amide bonds. The highest BCUT2D eigenvalue weighted by Crippen LogP contribution is 2.32. The number of carbonyl (C=O) groups excluding carboxylic acids is 1. The van der Waals surface area contributed by atoms with E-state index in [1.807, 2.05) is 43.3 Å². The molecule has 0 atom stereocenters. The predicted octanol–water partition coefficient (Wildman–Crippen LogP) is 4.96. The van der Waals surface area contributed by atoms with E-state index in [0.29, 0.717) is 34.0 Å². The average molecular weight is 545 g/mol. The first-order valence-corrected chi connectivity index (χ1v) is 14.8. The lowest BCUT2D eigenvalue weighted by atomic mass is 9.98. The molecule has 0 aliphatic carbocycles. The molecular formula is C29H32N6O3S. The maximum atomic E-state index is 12.8. The van der Waals surface area contributed by atoms with Gasteiger partial charge in [-0.2, -0.15) is 0 Å². The number of carbonyl (C=O) groups is 1. The predicted molar refractivity (Wildman–Crippen MR) is 154 cm³/mol. The Bertz CT molecular complexity index is 1600. The molecule has 2 N–H and O–H groups in total. The zero-order valence-electron chi connectivity index (χ0n) is 22.1. The van der Waals surface area contributed by atoms with Crippen LogP contribution in [0.3, 0.4) is 0 Å². The van der Waals surface area contributed by atoms with Gasteiger partial charge in [-0.05, 0) is 99.4 Å². The fourth-order valence-electron chi connectivity index (χ4n) is 4.93. The summed E-state index contributed by atoms with van der Waals surface area (Å²) < 4.78 is 25.5. The van der Waals surface area contributed by atoms with Crippen LogP contribution >= 0.6 is 0 Å². The molecule has 0 radical (unpaired) electrons. The Hall–Kier alpha value is -3.89. The molecule has 9 nitrogen and oxygen atoms in total. The second-order valence-corrected chi connectivity index (χ2v) is 12.0. The summed E-state index contributed by atoms with van der Waals surface area (Å²) in [7, 11) is -3.33. The molecule has 0 bridgehead atoms. The number of likely N-dealkylation sites (tertiary alicyclic amines) is 1. The van der Waals surface area contributed by atoms with Crippen LogP contribution in [0.25, 0.3) is 22.2 Å². The minimum absolute atomic E-state index is 0.138. The number of hydrogen-bond donors (Lipinski definition) is 2. The van der Waals surface area contributed by atoms with Crippen molar-refractivity contribution in [2.45, 2.75) is 38.0 Å². The molecule has 1 aliphatic rings. The summed E-state index contributed by atoms with van der Waals surface area (Å²) in [6, 6.07) is 18.1. The van der Waals surface area contributed by atoms with Crippen LogP contribution < -0.4 is 10.6 Å². The third kappa shape index (κ3) is 6.40. The van der Waals surface area contributed by atoms with Crippen LogP contribution in [-0.2, 0) is 14.6 Å². The normalized spacial score (nSPS) is 14.0. The first-order valence-electron chi connectivity index (χ1n) is 13.1. The van der Waals surface area contributed by atoms with Crippen LogP contribution in [0.1, 0.15) is 31.7 Å². The summed E-state index contributed by atoms with van der Waals surface area (Å²) in [4.78, 5) is 18.9. The van der Waals surface area contributed by atoms with Gasteiger partial charge in [0.15, 0.2) is 9.84 Å². The van der Waals surface area contributed by atoms with Crippen LogP contribution in [0.2, 0.25) is 0 Å². The van der Waals surface area contributed by atoms with E-state index in [9.17, 15) is 13.2 Å². The maximum absolute atomic E-state index is 12.8. The number of fused-ring (bicyclic) bond motifs is 1. The van der Waals surface area contributed by atoms with Crippen molar-refractivity contribution in [3.05, 3.63) is 66.2 Å². The molecule has 0 saturated carbocycles. The number of amides is 1. The van der Waals surface area contributed by atoms with Crippen molar-refractivity contribution in [1.82, 2.24) is 20.1 Å². The van der Waals surface area contributed by atoms with Gasteiger partial charge in [-0.15, -0.1) is 10.2 Å². The fourth-order valence-corrected chi connectivity index (χ4v) is 6.22. The van der Waals surface area contributed by atoms with Crippen molar-refractivity contribution < 1.29 is 13.2 Å². The highest BCUT2D eigenvalue weighted by Gasteiger charge is 2.17. The molecule has 1 aliphatic heterocycles. The van der Waals surface area contributed by atoms with Crippen LogP contribution in [-0.4, -0.2) is 59.8 Å². The average Bonchev–Trinajstić information content (AvgIpc) is 3.42. The van der Waals surface area contributed by atoms with Gasteiger partial charge in [-0.3, -0.25) is 4.79 Å². The van der Waals surface area contributed by atoms with Gasteiger partial charge < -0.3 is 15.5 Å². The second kappa shape index (κ2) is 11.5. The lowest BCUT2D eigenvalue weighted by Gasteiger charge is -2.14. The van der Waals surface area contributed by atoms with Crippen LogP contribution in [0.15, 0.2) is 65.6 Å². The molecule has 1 fully saturated rings. The van der Waals surface area contributed by atoms with E-state index in [1.165, 1.54) is 19.8 Å². The molecule has 0 spiro atoms. The van der Waals surface area contributed by atoms with Gasteiger partial charge in [0, 0.05) is 23.9 Å². The molecule has 4 aromatic rings. The lowest BCUT2D eigenvalue weighted by Crippen LogP contribution is -2.22. The van der Waals surface area contributed by atoms with Crippen molar-refractivity contribution in [2.75, 3.05) is 36.0 Å². The fraction of sp³-hybridized carbons (Fsp3) is 0.310. The van der Waals surface area contributed by atoms with Crippen molar-refractivity contribution in [3.8, 4) is 11.1 Å². The number of hydrogen-bond acceptors (Lipinski definition) is 8. The minimum atomic E-state index is -3.33. The summed E-state index contributed by atoms with van der Waals surface area (Å²) in [6.45, 7) is 6.43. The molecule has 1 aromatic heterocycles. The Kier molecular flexibility index (Phi) is 7.85. The van der Waals surface area contributed by atoms with Gasteiger partial charge in [0.1, 0.15) is 5.52 Å². The smallest absolute Gasteiger partial charge is 0.247 e. The molecule has 3 aromatic carbocycles. The Balaban J connectivity index is 1.29. The SMILES string of the molecule is CC(=O)Nc1ccccc1-c1cc2nnc(Nc3ccc(S(=O)(=O)CCCN4CCCC4)cc3)nc2cc1C. The third-order valence-corrected chi connectivity index (χ3v) is 8.70. The zero-order valence-corrected chi connectivity index (χ0v) is 23.0. The number of sulfone groups is 1. The Morgan fingerprint density at radius 2 is 1.69 bits per heavy atom. The quantitative estimate of drug-likeness (QED) is 0.304. The first-order chi connectivity index (χ1) is 18.8. The molecule has 5 rings (SSSR count). The summed E-state index contributed by atoms with van der Waals surface area (Å²) in [5, 5.41) is 14.6. The minimum Gasteiger partial charge on any atom is -0.326 e. The largest absolute Gasteiger partial charge is 0.326 e. The van der Waals surface area contributed by atoms with Gasteiger partial charge in [-0.25, -0.2) is 13.4 Å². The molecule has 2 heterocycles. The summed E-state index contributed by atoms with van der Waals surface area (Å²) in [5.41, 5.74) is 5.49. The number of para-hydroxylation sites is 1. The van der Waals surface area contributed by atoms with Crippen molar-refractivity contribution in [2.24, 2.45) is 0 Å². The summed E-state index contributed by atoms with van der Waals surface area (Å²) in [5.74, 6) is 0.320. The summed E-state index contributed by atoms with van der Waals surface area (Å²) in [6.07, 6.45) is 3.04. The van der Waals surface area contributed by atoms with Gasteiger partial charge >= 0.3 is 0 Å². The molecule has 39 heavy (non-hydrogen) atoms. The van der Waals surface area contributed by atoms with Gasteiger partial charge in [0.2, 0.25) is 11.9 Å². The van der Waals surface area contributed by atoms with E-state index in [2.05, 4.69) is 30.7 Å². The molecule has 202 valence electrons. The van der Waals surface area contributed by atoms with Crippen molar-refractivity contribution >= 4 is 44.1 Å². The van der Waals surface area contributed by atoms with Crippen LogP contribution in [0.4, 0.5) is 17.3 Å². The number of nitrogens with zero attached hydrogens (tertiary/aromatic N) is 4. The molecular weight excluding hydrogens is 512 g/mol. The number of aromatic nitrogens is 3. The number of nitrogens with one attached hydrogen (secondary N) is 2. The van der Waals surface area contributed by atoms with Gasteiger partial charge in [-0.1, -0.05) is 18.2 Å². The standard InChI is InChI=1S/C29H32N6O3S/c1-20-18-27-28(19-25(20)24-8-3-4-9-26(24)30-21(2)36)33-34-29(32-27)31-22-10-12-23(13-11-22)39(37,38)17-7-16-35-14-5-6-15-35/h3-4,8-13,18-19H,5-7,14-17H2,1-2H3,(H,30,36)(H,31,32,34). The number of anilines is 3. The molecule has 0 unspecified atom stereocenters. The van der Waals surface area contributed by atoms with Crippen molar-refractivity contribution in [1.29, 1.82) is 0 Å². The maximum Gasteiger partial charge on any atom is 0.247 e. The highest BCUT2D eigenvalue weighted by molar-refractivity contribution is 7.91. The lowest BCUT2D eigenvalue weighted by molar-refractivity contribution is -0.114. The van der Waals surface area contributed by atoms with Crippen LogP contribution in [0, 0.1) is 6.92 Å². The van der Waals surface area contributed by atoms with E-state index < -0.39 is 9.84 Å². The van der Waals surface area contributed by atoms with E-state index in [4.69, 9.17) is 0 Å². The molecule has 10 heteroatoms. The molecule has 1 saturated heterocycles. The van der Waals surface area contributed by atoms with Crippen LogP contribution in [0.5, 0.6) is 0 Å². The van der Waals surface area contributed by atoms with Crippen molar-refractivity contribution in [3.63, 3.8) is 0 Å². The first kappa shape index (κ1) is 26.7. The second-order valence-electron chi connectivity index (χ2n) is 9.89. The van der Waals surface area contributed by atoms with Gasteiger partial charge in [0.25, 0.3) is 0 Å². The number of aryl methyl sites for hydroxylation is 1. The monoisotopic (exact) mass is 544 g/mol. The van der Waals surface area contributed by atoms with E-state index in [-0.39, 0.29) is 11.7 Å².